The Labute approximate surface area is 125 Å². The molecule has 1 heterocycles. The molecular weight excluding hydrogens is 267 g/mol. The minimum absolute atomic E-state index is 0.161. The summed E-state index contributed by atoms with van der Waals surface area (Å²) in [7, 11) is 0. The molecule has 2 N–H and O–H groups in total. The van der Waals surface area contributed by atoms with Gasteiger partial charge in [-0.2, -0.15) is 0 Å². The van der Waals surface area contributed by atoms with Gasteiger partial charge in [0.05, 0.1) is 5.41 Å². The lowest BCUT2D eigenvalue weighted by Gasteiger charge is -2.37. The Kier molecular flexibility index (Phi) is 4.24. The maximum atomic E-state index is 13.6. The van der Waals surface area contributed by atoms with Crippen molar-refractivity contribution in [1.29, 1.82) is 0 Å². The topological polar surface area (TPSA) is 41.1 Å². The maximum absolute atomic E-state index is 13.6. The van der Waals surface area contributed by atoms with Crippen molar-refractivity contribution in [3.63, 3.8) is 0 Å². The van der Waals surface area contributed by atoms with E-state index in [9.17, 15) is 9.18 Å². The van der Waals surface area contributed by atoms with Crippen molar-refractivity contribution < 1.29 is 9.18 Å². The molecule has 0 bridgehead atoms. The minimum Gasteiger partial charge on any atom is -0.355 e. The summed E-state index contributed by atoms with van der Waals surface area (Å²) in [6.45, 7) is 2.26. The monoisotopic (exact) mass is 290 g/mol. The van der Waals surface area contributed by atoms with E-state index >= 15 is 0 Å². The van der Waals surface area contributed by atoms with Crippen molar-refractivity contribution in [3.8, 4) is 0 Å². The number of hydrogen-bond donors (Lipinski definition) is 2. The normalized spacial score (nSPS) is 28.1. The predicted molar refractivity (Wildman–Crippen MR) is 80.4 cm³/mol. The van der Waals surface area contributed by atoms with Crippen LogP contribution in [-0.2, 0) is 11.2 Å². The van der Waals surface area contributed by atoms with Crippen LogP contribution < -0.4 is 10.6 Å². The van der Waals surface area contributed by atoms with E-state index in [0.29, 0.717) is 24.4 Å². The summed E-state index contributed by atoms with van der Waals surface area (Å²) in [5.41, 5.74) is 0.452. The van der Waals surface area contributed by atoms with Gasteiger partial charge in [-0.1, -0.05) is 31.0 Å². The van der Waals surface area contributed by atoms with Crippen molar-refractivity contribution in [3.05, 3.63) is 35.6 Å². The molecule has 0 aromatic heterocycles. The lowest BCUT2D eigenvalue weighted by molar-refractivity contribution is -0.133. The fourth-order valence-corrected chi connectivity index (χ4v) is 3.88. The molecule has 0 spiro atoms. The van der Waals surface area contributed by atoms with Gasteiger partial charge in [-0.25, -0.2) is 4.39 Å². The standard InChI is InChI=1S/C17H23FN2O/c18-15-7-2-1-5-13(15)8-10-20-16(21)17-9-4-3-6-14(17)11-19-12-17/h1-2,5,7,14,19H,3-4,6,8-12H2,(H,20,21)/t14-,17+/m0/s1. The molecule has 21 heavy (non-hydrogen) atoms. The van der Waals surface area contributed by atoms with Gasteiger partial charge in [0.1, 0.15) is 5.82 Å². The van der Waals surface area contributed by atoms with Crippen LogP contribution in [0.4, 0.5) is 4.39 Å². The number of carbonyl (C=O) groups is 1. The van der Waals surface area contributed by atoms with Gasteiger partial charge >= 0.3 is 0 Å². The summed E-state index contributed by atoms with van der Waals surface area (Å²) < 4.78 is 13.6. The van der Waals surface area contributed by atoms with Crippen molar-refractivity contribution >= 4 is 5.91 Å². The van der Waals surface area contributed by atoms with E-state index in [4.69, 9.17) is 0 Å². The number of nitrogens with one attached hydrogen (secondary N) is 2. The van der Waals surface area contributed by atoms with Gasteiger partial charge in [0.2, 0.25) is 5.91 Å². The van der Waals surface area contributed by atoms with E-state index in [1.165, 1.54) is 12.5 Å². The number of carbonyl (C=O) groups excluding carboxylic acids is 1. The highest BCUT2D eigenvalue weighted by Crippen LogP contribution is 2.43. The van der Waals surface area contributed by atoms with Gasteiger partial charge in [-0.3, -0.25) is 4.79 Å². The van der Waals surface area contributed by atoms with Crippen LogP contribution in [0.25, 0.3) is 0 Å². The van der Waals surface area contributed by atoms with Crippen LogP contribution in [0, 0.1) is 17.2 Å². The summed E-state index contributed by atoms with van der Waals surface area (Å²) in [6.07, 6.45) is 5.05. The van der Waals surface area contributed by atoms with Crippen molar-refractivity contribution in [2.45, 2.75) is 32.1 Å². The first kappa shape index (κ1) is 14.5. The Morgan fingerprint density at radius 2 is 2.24 bits per heavy atom. The first-order chi connectivity index (χ1) is 10.2. The number of benzene rings is 1. The zero-order chi connectivity index (χ0) is 14.7. The highest BCUT2D eigenvalue weighted by atomic mass is 19.1. The van der Waals surface area contributed by atoms with E-state index in [-0.39, 0.29) is 17.1 Å². The van der Waals surface area contributed by atoms with Crippen molar-refractivity contribution in [1.82, 2.24) is 10.6 Å². The average Bonchev–Trinajstić information content (AvgIpc) is 2.94. The maximum Gasteiger partial charge on any atom is 0.227 e. The van der Waals surface area contributed by atoms with Crippen LogP contribution in [0.3, 0.4) is 0 Å². The van der Waals surface area contributed by atoms with Gasteiger partial charge in [0, 0.05) is 13.1 Å². The SMILES string of the molecule is O=C(NCCc1ccccc1F)[C@@]12CCCC[C@H]1CNC2. The van der Waals surface area contributed by atoms with E-state index in [1.54, 1.807) is 12.1 Å². The Morgan fingerprint density at radius 1 is 1.38 bits per heavy atom. The molecule has 4 heteroatoms. The second kappa shape index (κ2) is 6.14. The van der Waals surface area contributed by atoms with Gasteiger partial charge in [0.15, 0.2) is 0 Å². The zero-order valence-electron chi connectivity index (χ0n) is 12.3. The van der Waals surface area contributed by atoms with E-state index < -0.39 is 0 Å². The van der Waals surface area contributed by atoms with Gasteiger partial charge in [-0.05, 0) is 43.4 Å². The molecule has 1 saturated carbocycles. The smallest absolute Gasteiger partial charge is 0.227 e. The summed E-state index contributed by atoms with van der Waals surface area (Å²) in [5, 5.41) is 6.43. The van der Waals surface area contributed by atoms with Crippen LogP contribution in [0.15, 0.2) is 24.3 Å². The average molecular weight is 290 g/mol. The third kappa shape index (κ3) is 2.82. The number of hydrogen-bond acceptors (Lipinski definition) is 2. The number of rotatable bonds is 4. The molecule has 3 rings (SSSR count). The molecule has 1 saturated heterocycles. The van der Waals surface area contributed by atoms with E-state index in [0.717, 1.165) is 32.4 Å². The molecule has 1 amide bonds. The summed E-state index contributed by atoms with van der Waals surface area (Å²) >= 11 is 0. The Hall–Kier alpha value is -1.42. The van der Waals surface area contributed by atoms with Gasteiger partial charge in [-0.15, -0.1) is 0 Å². The largest absolute Gasteiger partial charge is 0.355 e. The first-order valence-corrected chi connectivity index (χ1v) is 7.95. The Morgan fingerprint density at radius 3 is 3.10 bits per heavy atom. The molecule has 0 radical (unpaired) electrons. The molecule has 1 aromatic carbocycles. The van der Waals surface area contributed by atoms with Crippen LogP contribution in [-0.4, -0.2) is 25.5 Å². The molecule has 2 fully saturated rings. The highest BCUT2D eigenvalue weighted by molar-refractivity contribution is 5.83. The second-order valence-corrected chi connectivity index (χ2v) is 6.33. The molecule has 1 aliphatic carbocycles. The molecule has 1 aliphatic heterocycles. The minimum atomic E-state index is -0.215. The quantitative estimate of drug-likeness (QED) is 0.893. The third-order valence-corrected chi connectivity index (χ3v) is 5.13. The van der Waals surface area contributed by atoms with Gasteiger partial charge < -0.3 is 10.6 Å². The molecule has 114 valence electrons. The fourth-order valence-electron chi connectivity index (χ4n) is 3.88. The van der Waals surface area contributed by atoms with Crippen LogP contribution in [0.5, 0.6) is 0 Å². The highest BCUT2D eigenvalue weighted by Gasteiger charge is 2.49. The molecule has 3 nitrogen and oxygen atoms in total. The molecular formula is C17H23FN2O. The zero-order valence-corrected chi connectivity index (χ0v) is 12.3. The molecule has 0 unspecified atom stereocenters. The number of fused-ring (bicyclic) bond motifs is 1. The second-order valence-electron chi connectivity index (χ2n) is 6.33. The summed E-state index contributed by atoms with van der Waals surface area (Å²) in [4.78, 5) is 12.6. The number of halogens is 1. The third-order valence-electron chi connectivity index (χ3n) is 5.13. The van der Waals surface area contributed by atoms with Crippen LogP contribution in [0.1, 0.15) is 31.2 Å². The Balaban J connectivity index is 1.58. The molecule has 1 aromatic rings. The van der Waals surface area contributed by atoms with Crippen LogP contribution in [0.2, 0.25) is 0 Å². The Bertz CT molecular complexity index is 519. The van der Waals surface area contributed by atoms with Gasteiger partial charge in [0.25, 0.3) is 0 Å². The molecule has 2 aliphatic rings. The first-order valence-electron chi connectivity index (χ1n) is 7.95. The summed E-state index contributed by atoms with van der Waals surface area (Å²) in [5.74, 6) is 0.441. The van der Waals surface area contributed by atoms with E-state index in [2.05, 4.69) is 10.6 Å². The van der Waals surface area contributed by atoms with Crippen molar-refractivity contribution in [2.75, 3.05) is 19.6 Å². The van der Waals surface area contributed by atoms with Crippen molar-refractivity contribution in [2.24, 2.45) is 11.3 Å². The lowest BCUT2D eigenvalue weighted by atomic mass is 9.67. The summed E-state index contributed by atoms with van der Waals surface area (Å²) in [6, 6.07) is 6.76. The number of amides is 1. The predicted octanol–water partition coefficient (Wildman–Crippen LogP) is 2.26. The fraction of sp³-hybridized carbons (Fsp3) is 0.588. The lowest BCUT2D eigenvalue weighted by Crippen LogP contribution is -2.48. The molecule has 2 atom stereocenters. The van der Waals surface area contributed by atoms with E-state index in [1.807, 2.05) is 6.07 Å². The van der Waals surface area contributed by atoms with Crippen LogP contribution >= 0.6 is 0 Å².